The van der Waals surface area contributed by atoms with E-state index in [-0.39, 0.29) is 69.0 Å². The van der Waals surface area contributed by atoms with Crippen molar-refractivity contribution in [3.63, 3.8) is 0 Å². The van der Waals surface area contributed by atoms with Gasteiger partial charge in [-0.2, -0.15) is 0 Å². The topological polar surface area (TPSA) is 180 Å². The molecule has 76 heavy (non-hydrogen) atoms. The number of nitrogens with one attached hydrogen (secondary N) is 8. The third-order valence-electron chi connectivity index (χ3n) is 17.4. The fourth-order valence-electron chi connectivity index (χ4n) is 11.4. The normalized spacial score (nSPS) is 22.1. The number of hydrogen-bond donors (Lipinski definition) is 8. The van der Waals surface area contributed by atoms with Gasteiger partial charge in [0.05, 0.1) is 38.9 Å². The van der Waals surface area contributed by atoms with Crippen molar-refractivity contribution in [1.82, 2.24) is 19.9 Å². The van der Waals surface area contributed by atoms with Crippen LogP contribution in [0.2, 0.25) is 39.3 Å². The van der Waals surface area contributed by atoms with Gasteiger partial charge >= 0.3 is 0 Å². The van der Waals surface area contributed by atoms with E-state index in [9.17, 15) is 19.2 Å². The third-order valence-corrected chi connectivity index (χ3v) is 21.4. The van der Waals surface area contributed by atoms with Gasteiger partial charge in [-0.05, 0) is 132 Å². The molecule has 4 aromatic heterocycles. The lowest BCUT2D eigenvalue weighted by atomic mass is 9.97. The molecule has 0 saturated heterocycles. The van der Waals surface area contributed by atoms with Gasteiger partial charge < -0.3 is 41.2 Å². The Bertz CT molecular complexity index is 3360. The van der Waals surface area contributed by atoms with E-state index in [1.807, 2.05) is 24.3 Å². The molecule has 4 fully saturated rings. The van der Waals surface area contributed by atoms with Crippen molar-refractivity contribution in [3.8, 4) is 0 Å². The molecule has 4 atom stereocenters. The van der Waals surface area contributed by atoms with Crippen LogP contribution in [0.5, 0.6) is 0 Å². The molecule has 0 spiro atoms. The van der Waals surface area contributed by atoms with E-state index >= 15 is 0 Å². The van der Waals surface area contributed by atoms with Crippen molar-refractivity contribution in [3.05, 3.63) is 128 Å². The second-order valence-electron chi connectivity index (χ2n) is 27.7. The summed E-state index contributed by atoms with van der Waals surface area (Å²) in [5.41, 5.74) is 8.57. The molecule has 11 rings (SSSR count). The summed E-state index contributed by atoms with van der Waals surface area (Å²) in [5, 5.41) is 19.2. The highest BCUT2D eigenvalue weighted by Gasteiger charge is 2.53. The lowest BCUT2D eigenvalue weighted by Gasteiger charge is -2.25. The first kappa shape index (κ1) is 51.5. The maximum atomic E-state index is 14.3. The maximum Gasteiger partial charge on any atom is 0.228 e. The van der Waals surface area contributed by atoms with Gasteiger partial charge in [0.25, 0.3) is 0 Å². The zero-order valence-corrected chi connectivity index (χ0v) is 48.9. The lowest BCUT2D eigenvalue weighted by Crippen LogP contribution is -2.38. The van der Waals surface area contributed by atoms with Crippen LogP contribution in [0.3, 0.4) is 0 Å². The standard InChI is InChI=1S/C62H76N8O4Si2/c1-59(2)29-39(59)55(71)67-47-25-37(75(9,10)11)26-48(68-56(72)40-30-60(40,3)4)53(47)51-43-19-15-33(63-43)23-35-17-21-45(65-35)52(46-22-18-36(66-46)24-34-16-20-44(51)64-34)54-49(69-57(73)41-31-61(41,5)6)27-38(76(12,13)14)28-50(54)70-58(74)42-32-62(42,7)8/h15-28,39-42,63-66H,29-32H2,1-14H3,(H,67,71)(H,68,72)(H,69,73)(H,70,74)/t39-,40+,41-,42+. The number of carbonyl (C=O) groups excluding carboxylic acids is 4. The van der Waals surface area contributed by atoms with Gasteiger partial charge in [-0.3, -0.25) is 19.2 Å². The Kier molecular flexibility index (Phi) is 11.8. The first-order valence-electron chi connectivity index (χ1n) is 27.3. The average Bonchev–Trinajstić information content (AvgIpc) is 4.14. The largest absolute Gasteiger partial charge is 0.355 e. The van der Waals surface area contributed by atoms with Crippen LogP contribution in [0.1, 0.15) is 115 Å². The highest BCUT2D eigenvalue weighted by molar-refractivity contribution is 6.89. The van der Waals surface area contributed by atoms with Crippen LogP contribution in [0.4, 0.5) is 22.7 Å². The Morgan fingerprint density at radius 3 is 0.947 bits per heavy atom. The van der Waals surface area contributed by atoms with Crippen molar-refractivity contribution in [1.29, 1.82) is 0 Å². The molecule has 14 heteroatoms. The molecule has 0 unspecified atom stereocenters. The van der Waals surface area contributed by atoms with Crippen LogP contribution in [0, 0.1) is 45.3 Å². The Morgan fingerprint density at radius 2 is 0.697 bits per heavy atom. The molecule has 5 aliphatic rings. The predicted molar refractivity (Wildman–Crippen MR) is 313 cm³/mol. The molecule has 5 heterocycles. The number of amides is 4. The number of rotatable bonds is 12. The molecular formula is C62H76N8O4Si2. The highest BCUT2D eigenvalue weighted by atomic mass is 28.3. The van der Waals surface area contributed by atoms with Crippen molar-refractivity contribution in [2.24, 2.45) is 45.3 Å². The Morgan fingerprint density at radius 1 is 0.421 bits per heavy atom. The van der Waals surface area contributed by atoms with E-state index in [1.54, 1.807) is 0 Å². The fraction of sp³-hybridized carbons (Fsp3) is 0.419. The van der Waals surface area contributed by atoms with Crippen LogP contribution in [-0.2, 0) is 19.2 Å². The summed E-state index contributed by atoms with van der Waals surface area (Å²) >= 11 is 0. The highest BCUT2D eigenvalue weighted by Crippen LogP contribution is 2.55. The molecule has 4 aliphatic carbocycles. The first-order chi connectivity index (χ1) is 35.5. The van der Waals surface area contributed by atoms with Gasteiger partial charge in [-0.15, -0.1) is 0 Å². The van der Waals surface area contributed by atoms with Gasteiger partial charge in [0.1, 0.15) is 0 Å². The van der Waals surface area contributed by atoms with Gasteiger partial charge in [-0.25, -0.2) is 0 Å². The Hall–Kier alpha value is -6.65. The monoisotopic (exact) mass is 1050 g/mol. The summed E-state index contributed by atoms with van der Waals surface area (Å²) < 4.78 is 0. The molecule has 6 aromatic rings. The number of aromatic nitrogens is 4. The van der Waals surface area contributed by atoms with Gasteiger partial charge in [0.2, 0.25) is 23.6 Å². The Balaban J connectivity index is 1.12. The number of anilines is 4. The van der Waals surface area contributed by atoms with Gasteiger partial charge in [0, 0.05) is 90.1 Å². The number of carbonyl (C=O) groups is 4. The molecule has 2 aromatic carbocycles. The second kappa shape index (κ2) is 17.4. The summed E-state index contributed by atoms with van der Waals surface area (Å²) in [5.74, 6) is -0.587. The summed E-state index contributed by atoms with van der Waals surface area (Å²) in [6.45, 7) is 30.8. The molecule has 4 saturated carbocycles. The van der Waals surface area contributed by atoms with Gasteiger partial charge in [-0.1, -0.05) is 105 Å². The van der Waals surface area contributed by atoms with Crippen LogP contribution < -0.4 is 53.0 Å². The molecule has 396 valence electrons. The summed E-state index contributed by atoms with van der Waals surface area (Å²) in [6, 6.07) is 25.0. The SMILES string of the molecule is CC1(C)C[C@@H]1C(=O)Nc1cc([Si](C)(C)C)cc(NC(=O)[C@@H]2CC2(C)C)c1C1=c2ccc([nH]2)=Cc2ccc([nH]2)C(c2c(NC(=O)[C@H]3CC3(C)C)cc([Si](C)(C)C)cc2NC(=O)[C@@H]2CC2(C)C)=c2ccc([nH]2)=Cc2ccc1[nH]2. The number of H-pyrrole nitrogens is 4. The fourth-order valence-corrected chi connectivity index (χ4v) is 13.7. The smallest absolute Gasteiger partial charge is 0.228 e. The van der Waals surface area contributed by atoms with Crippen molar-refractivity contribution in [2.45, 2.75) is 120 Å². The number of aromatic amines is 4. The molecular weight excluding hydrogens is 977 g/mol. The summed E-state index contributed by atoms with van der Waals surface area (Å²) in [4.78, 5) is 72.1. The number of fused-ring (bicyclic) bond motifs is 8. The minimum absolute atomic E-state index is 0.0228. The van der Waals surface area contributed by atoms with Crippen molar-refractivity contribution >= 4 is 96.2 Å². The summed E-state index contributed by atoms with van der Waals surface area (Å²) in [6.07, 6.45) is 7.36. The Labute approximate surface area is 448 Å². The molecule has 12 nitrogen and oxygen atoms in total. The van der Waals surface area contributed by atoms with E-state index in [0.717, 1.165) is 103 Å². The van der Waals surface area contributed by atoms with E-state index in [4.69, 9.17) is 0 Å². The van der Waals surface area contributed by atoms with Crippen LogP contribution >= 0.6 is 0 Å². The average molecular weight is 1050 g/mol. The zero-order chi connectivity index (χ0) is 54.4. The van der Waals surface area contributed by atoms with E-state index in [2.05, 4.69) is 197 Å². The second-order valence-corrected chi connectivity index (χ2v) is 37.8. The van der Waals surface area contributed by atoms with E-state index < -0.39 is 16.1 Å². The number of hydrogen-bond acceptors (Lipinski definition) is 4. The molecule has 8 N–H and O–H groups in total. The predicted octanol–water partition coefficient (Wildman–Crippen LogP) is 8.49. The van der Waals surface area contributed by atoms with Crippen LogP contribution in [0.25, 0.3) is 23.3 Å². The molecule has 4 amide bonds. The van der Waals surface area contributed by atoms with Crippen molar-refractivity contribution in [2.75, 3.05) is 21.3 Å². The quantitative estimate of drug-likeness (QED) is 0.0573. The lowest BCUT2D eigenvalue weighted by molar-refractivity contribution is -0.118. The third kappa shape index (κ3) is 9.87. The van der Waals surface area contributed by atoms with Crippen molar-refractivity contribution < 1.29 is 19.2 Å². The minimum atomic E-state index is -2.01. The minimum Gasteiger partial charge on any atom is -0.355 e. The zero-order valence-electron chi connectivity index (χ0n) is 46.9. The molecule has 1 aliphatic heterocycles. The molecule has 0 radical (unpaired) electrons. The van der Waals surface area contributed by atoms with Crippen LogP contribution in [-0.4, -0.2) is 59.7 Å². The molecule has 8 bridgehead atoms. The van der Waals surface area contributed by atoms with Crippen LogP contribution in [0.15, 0.2) is 72.8 Å². The first-order valence-corrected chi connectivity index (χ1v) is 34.3. The maximum absolute atomic E-state index is 14.3. The number of benzene rings is 2. The van der Waals surface area contributed by atoms with Gasteiger partial charge in [0.15, 0.2) is 0 Å². The van der Waals surface area contributed by atoms with E-state index in [0.29, 0.717) is 22.7 Å². The summed E-state index contributed by atoms with van der Waals surface area (Å²) in [7, 11) is -4.03. The van der Waals surface area contributed by atoms with E-state index in [1.165, 1.54) is 0 Å².